The number of benzene rings is 3. The fraction of sp³-hybridized carbons (Fsp3) is 0.174. The lowest BCUT2D eigenvalue weighted by Gasteiger charge is -2.20. The Morgan fingerprint density at radius 2 is 1.76 bits per heavy atom. The predicted molar refractivity (Wildman–Crippen MR) is 122 cm³/mol. The Kier molecular flexibility index (Phi) is 7.68. The maximum Gasteiger partial charge on any atom is 0.255 e. The first-order chi connectivity index (χ1) is 15.6. The Morgan fingerprint density at radius 3 is 2.39 bits per heavy atom. The summed E-state index contributed by atoms with van der Waals surface area (Å²) in [7, 11) is -2.44. The number of ether oxygens (including phenoxy) is 1. The van der Waals surface area contributed by atoms with E-state index in [-0.39, 0.29) is 22.7 Å². The van der Waals surface area contributed by atoms with Crippen LogP contribution in [-0.2, 0) is 16.6 Å². The number of sulfonamides is 1. The van der Waals surface area contributed by atoms with E-state index in [1.807, 2.05) is 0 Å². The highest BCUT2D eigenvalue weighted by atomic mass is 35.5. The van der Waals surface area contributed by atoms with Crippen LogP contribution in [0.5, 0.6) is 5.75 Å². The highest BCUT2D eigenvalue weighted by molar-refractivity contribution is 7.89. The molecule has 0 aromatic heterocycles. The lowest BCUT2D eigenvalue weighted by molar-refractivity contribution is 0.102. The first-order valence-corrected chi connectivity index (χ1v) is 11.7. The van der Waals surface area contributed by atoms with Gasteiger partial charge in [-0.15, -0.1) is 0 Å². The molecule has 0 atom stereocenters. The number of anilines is 1. The van der Waals surface area contributed by atoms with Crippen molar-refractivity contribution in [3.63, 3.8) is 0 Å². The molecule has 174 valence electrons. The van der Waals surface area contributed by atoms with Crippen LogP contribution in [0.3, 0.4) is 0 Å². The van der Waals surface area contributed by atoms with E-state index in [0.717, 1.165) is 16.4 Å². The van der Waals surface area contributed by atoms with Gasteiger partial charge in [0.15, 0.2) is 0 Å². The molecule has 3 aromatic carbocycles. The second-order valence-corrected chi connectivity index (χ2v) is 9.53. The van der Waals surface area contributed by atoms with Gasteiger partial charge in [0.05, 0.1) is 17.2 Å². The normalized spacial score (nSPS) is 11.5. The highest BCUT2D eigenvalue weighted by Gasteiger charge is 2.23. The summed E-state index contributed by atoms with van der Waals surface area (Å²) in [4.78, 5) is 12.7. The van der Waals surface area contributed by atoms with Gasteiger partial charge in [0.1, 0.15) is 17.4 Å². The van der Waals surface area contributed by atoms with Crippen molar-refractivity contribution in [2.24, 2.45) is 0 Å². The quantitative estimate of drug-likeness (QED) is 0.473. The molecular formula is C23H21ClF2N2O4S. The van der Waals surface area contributed by atoms with E-state index in [4.69, 9.17) is 16.3 Å². The van der Waals surface area contributed by atoms with Gasteiger partial charge in [-0.25, -0.2) is 17.2 Å². The van der Waals surface area contributed by atoms with Crippen molar-refractivity contribution in [2.45, 2.75) is 18.4 Å². The molecule has 33 heavy (non-hydrogen) atoms. The first-order valence-electron chi connectivity index (χ1n) is 9.86. The summed E-state index contributed by atoms with van der Waals surface area (Å²) in [5.41, 5.74) is 0.401. The van der Waals surface area contributed by atoms with Gasteiger partial charge >= 0.3 is 0 Å². The van der Waals surface area contributed by atoms with E-state index in [2.05, 4.69) is 5.32 Å². The van der Waals surface area contributed by atoms with Gasteiger partial charge < -0.3 is 10.1 Å². The summed E-state index contributed by atoms with van der Waals surface area (Å²) in [5, 5.41) is 2.79. The van der Waals surface area contributed by atoms with E-state index in [9.17, 15) is 22.0 Å². The molecule has 0 saturated carbocycles. The first kappa shape index (κ1) is 24.6. The van der Waals surface area contributed by atoms with Gasteiger partial charge in [-0.2, -0.15) is 4.31 Å². The summed E-state index contributed by atoms with van der Waals surface area (Å²) in [5.74, 6) is -1.92. The number of nitrogens with zero attached hydrogens (tertiary/aromatic N) is 1. The van der Waals surface area contributed by atoms with Crippen molar-refractivity contribution in [3.8, 4) is 5.75 Å². The largest absolute Gasteiger partial charge is 0.494 e. The van der Waals surface area contributed by atoms with Crippen LogP contribution < -0.4 is 10.1 Å². The van der Waals surface area contributed by atoms with E-state index in [1.165, 1.54) is 49.5 Å². The highest BCUT2D eigenvalue weighted by Crippen LogP contribution is 2.26. The Hall–Kier alpha value is -3.01. The van der Waals surface area contributed by atoms with Crippen molar-refractivity contribution < 1.29 is 26.7 Å². The maximum absolute atomic E-state index is 13.9. The van der Waals surface area contributed by atoms with Crippen molar-refractivity contribution in [3.05, 3.63) is 88.4 Å². The zero-order valence-electron chi connectivity index (χ0n) is 17.8. The lowest BCUT2D eigenvalue weighted by atomic mass is 10.1. The molecule has 3 rings (SSSR count). The van der Waals surface area contributed by atoms with E-state index in [1.54, 1.807) is 6.92 Å². The van der Waals surface area contributed by atoms with Crippen molar-refractivity contribution in [1.82, 2.24) is 4.31 Å². The number of hydrogen-bond acceptors (Lipinski definition) is 4. The second-order valence-electron chi connectivity index (χ2n) is 7.05. The number of hydrogen-bond donors (Lipinski definition) is 1. The molecule has 1 N–H and O–H groups in total. The van der Waals surface area contributed by atoms with Crippen LogP contribution in [0.4, 0.5) is 14.5 Å². The van der Waals surface area contributed by atoms with Crippen LogP contribution >= 0.6 is 11.6 Å². The molecule has 0 saturated heterocycles. The smallest absolute Gasteiger partial charge is 0.255 e. The minimum absolute atomic E-state index is 0.0630. The van der Waals surface area contributed by atoms with Crippen molar-refractivity contribution >= 4 is 33.2 Å². The van der Waals surface area contributed by atoms with Crippen LogP contribution in [0.1, 0.15) is 22.8 Å². The number of rotatable bonds is 8. The minimum atomic E-state index is -3.84. The van der Waals surface area contributed by atoms with Crippen molar-refractivity contribution in [1.29, 1.82) is 0 Å². The molecule has 0 heterocycles. The van der Waals surface area contributed by atoms with Crippen LogP contribution in [0.25, 0.3) is 0 Å². The number of halogens is 3. The maximum atomic E-state index is 13.9. The third kappa shape index (κ3) is 5.87. The van der Waals surface area contributed by atoms with Gasteiger partial charge in [-0.1, -0.05) is 11.6 Å². The number of carbonyl (C=O) groups excluding carboxylic acids is 1. The summed E-state index contributed by atoms with van der Waals surface area (Å²) >= 11 is 5.84. The Labute approximate surface area is 195 Å². The molecule has 0 radical (unpaired) electrons. The summed E-state index contributed by atoms with van der Waals surface area (Å²) in [6, 6.07) is 13.0. The third-order valence-electron chi connectivity index (χ3n) is 4.72. The van der Waals surface area contributed by atoms with Gasteiger partial charge in [0, 0.05) is 35.8 Å². The molecule has 0 unspecified atom stereocenters. The molecule has 1 amide bonds. The third-order valence-corrected chi connectivity index (χ3v) is 6.79. The molecule has 0 fully saturated rings. The zero-order valence-corrected chi connectivity index (χ0v) is 19.4. The fourth-order valence-electron chi connectivity index (χ4n) is 3.04. The van der Waals surface area contributed by atoms with Gasteiger partial charge in [-0.05, 0) is 61.5 Å². The molecule has 0 spiro atoms. The average Bonchev–Trinajstić information content (AvgIpc) is 2.77. The zero-order chi connectivity index (χ0) is 24.2. The standard InChI is InChI=1S/C23H21ClF2N2O4S/c1-3-32-22-11-4-15(23(29)27-21-10-7-18(25)13-20(21)26)12-16(22)14-28(2)33(30,31)19-8-5-17(24)6-9-19/h4-13H,3,14H2,1-2H3,(H,27,29). The summed E-state index contributed by atoms with van der Waals surface area (Å²) < 4.78 is 59.6. The van der Waals surface area contributed by atoms with E-state index >= 15 is 0 Å². The summed E-state index contributed by atoms with van der Waals surface area (Å²) in [6.07, 6.45) is 0. The topological polar surface area (TPSA) is 75.7 Å². The van der Waals surface area contributed by atoms with Crippen LogP contribution in [0.2, 0.25) is 5.02 Å². The SMILES string of the molecule is CCOc1ccc(C(=O)Nc2ccc(F)cc2F)cc1CN(C)S(=O)(=O)c1ccc(Cl)cc1. The molecule has 6 nitrogen and oxygen atoms in total. The van der Waals surface area contributed by atoms with Crippen LogP contribution in [0, 0.1) is 11.6 Å². The monoisotopic (exact) mass is 494 g/mol. The summed E-state index contributed by atoms with van der Waals surface area (Å²) in [6.45, 7) is 2.01. The fourth-order valence-corrected chi connectivity index (χ4v) is 4.31. The molecule has 3 aromatic rings. The number of amides is 1. The number of carbonyl (C=O) groups is 1. The molecule has 0 aliphatic rings. The average molecular weight is 495 g/mol. The van der Waals surface area contributed by atoms with Gasteiger partial charge in [0.25, 0.3) is 5.91 Å². The molecule has 0 bridgehead atoms. The molecule has 0 aliphatic carbocycles. The van der Waals surface area contributed by atoms with Crippen molar-refractivity contribution in [2.75, 3.05) is 19.0 Å². The second kappa shape index (κ2) is 10.3. The molecule has 10 heteroatoms. The Bertz CT molecular complexity index is 1270. The molecule has 0 aliphatic heterocycles. The Balaban J connectivity index is 1.88. The van der Waals surface area contributed by atoms with E-state index in [0.29, 0.717) is 29.0 Å². The predicted octanol–water partition coefficient (Wildman–Crippen LogP) is 5.09. The van der Waals surface area contributed by atoms with E-state index < -0.39 is 27.6 Å². The lowest BCUT2D eigenvalue weighted by Crippen LogP contribution is -2.27. The van der Waals surface area contributed by atoms with Crippen LogP contribution in [0.15, 0.2) is 65.6 Å². The van der Waals surface area contributed by atoms with Gasteiger partial charge in [-0.3, -0.25) is 4.79 Å². The minimum Gasteiger partial charge on any atom is -0.494 e. The molecular weight excluding hydrogens is 474 g/mol. The Morgan fingerprint density at radius 1 is 1.06 bits per heavy atom. The van der Waals surface area contributed by atoms with Crippen LogP contribution in [-0.4, -0.2) is 32.3 Å². The number of nitrogens with one attached hydrogen (secondary N) is 1. The van der Waals surface area contributed by atoms with Gasteiger partial charge in [0.2, 0.25) is 10.0 Å².